The number of rotatable bonds is 10. The topological polar surface area (TPSA) is 140 Å². The molecule has 49 heavy (non-hydrogen) atoms. The minimum Gasteiger partial charge on any atom is -0.492 e. The molecule has 1 saturated carbocycles. The fourth-order valence-electron chi connectivity index (χ4n) is 5.83. The zero-order valence-electron chi connectivity index (χ0n) is 29.2. The van der Waals surface area contributed by atoms with E-state index < -0.39 is 0 Å². The van der Waals surface area contributed by atoms with Crippen molar-refractivity contribution in [2.75, 3.05) is 31.6 Å². The van der Waals surface area contributed by atoms with Gasteiger partial charge in [0.05, 0.1) is 29.5 Å². The third kappa shape index (κ3) is 9.51. The lowest BCUT2D eigenvalue weighted by molar-refractivity contribution is -0.124. The van der Waals surface area contributed by atoms with Crippen molar-refractivity contribution in [3.05, 3.63) is 86.3 Å². The van der Waals surface area contributed by atoms with Gasteiger partial charge in [-0.3, -0.25) is 19.4 Å². The van der Waals surface area contributed by atoms with Crippen LogP contribution in [0.3, 0.4) is 0 Å². The molecule has 2 heterocycles. The Morgan fingerprint density at radius 2 is 1.69 bits per heavy atom. The molecule has 11 nitrogen and oxygen atoms in total. The minimum absolute atomic E-state index is 0.108. The van der Waals surface area contributed by atoms with Crippen molar-refractivity contribution in [1.82, 2.24) is 14.8 Å². The van der Waals surface area contributed by atoms with Gasteiger partial charge >= 0.3 is 0 Å². The van der Waals surface area contributed by atoms with Crippen LogP contribution in [0.4, 0.5) is 5.69 Å². The molecule has 0 radical (unpaired) electrons. The van der Waals surface area contributed by atoms with Gasteiger partial charge in [-0.25, -0.2) is 5.01 Å². The molecule has 1 fully saturated rings. The fourth-order valence-corrected chi connectivity index (χ4v) is 5.83. The monoisotopic (exact) mass is 663 g/mol. The van der Waals surface area contributed by atoms with Gasteiger partial charge in [0.2, 0.25) is 0 Å². The fraction of sp³-hybridized carbons (Fsp3) is 0.395. The van der Waals surface area contributed by atoms with Gasteiger partial charge in [0, 0.05) is 32.0 Å². The molecular formula is C38H45N7O4. The van der Waals surface area contributed by atoms with Gasteiger partial charge < -0.3 is 14.4 Å². The SMILES string of the molecule is CC1=NN(C)C(=O)/C1=C\c1c(C)[nH]n(C)c1=O.CCN(CCOc1ccc(OC2CCCCC2)cc1)c1ccc(C=C(C#N)C#N)c(C)c1. The Bertz CT molecular complexity index is 1850. The van der Waals surface area contributed by atoms with Crippen LogP contribution in [0.2, 0.25) is 0 Å². The van der Waals surface area contributed by atoms with Crippen LogP contribution < -0.4 is 19.9 Å². The molecule has 0 saturated heterocycles. The van der Waals surface area contributed by atoms with Crippen molar-refractivity contribution in [2.24, 2.45) is 12.1 Å². The van der Waals surface area contributed by atoms with Crippen molar-refractivity contribution in [1.29, 1.82) is 10.5 Å². The number of carbonyl (C=O) groups is 1. The number of hydrogen-bond donors (Lipinski definition) is 1. The number of aromatic amines is 1. The molecule has 1 amide bonds. The van der Waals surface area contributed by atoms with E-state index in [1.54, 1.807) is 40.1 Å². The van der Waals surface area contributed by atoms with Crippen LogP contribution in [0, 0.1) is 36.5 Å². The number of hydrazone groups is 1. The van der Waals surface area contributed by atoms with Gasteiger partial charge in [-0.15, -0.1) is 0 Å². The number of likely N-dealkylation sites (N-methyl/N-ethyl adjacent to an activating group) is 2. The number of benzene rings is 2. The quantitative estimate of drug-likeness (QED) is 0.198. The van der Waals surface area contributed by atoms with E-state index in [0.29, 0.717) is 29.6 Å². The largest absolute Gasteiger partial charge is 0.492 e. The highest BCUT2D eigenvalue weighted by Crippen LogP contribution is 2.26. The number of anilines is 1. The summed E-state index contributed by atoms with van der Waals surface area (Å²) in [5.41, 5.74) is 5.29. The van der Waals surface area contributed by atoms with E-state index in [9.17, 15) is 9.59 Å². The molecule has 1 aliphatic carbocycles. The molecule has 3 aromatic rings. The number of H-pyrrole nitrogens is 1. The molecule has 0 atom stereocenters. The maximum atomic E-state index is 11.8. The van der Waals surface area contributed by atoms with E-state index in [1.807, 2.05) is 55.5 Å². The van der Waals surface area contributed by atoms with Gasteiger partial charge in [-0.05, 0) is 113 Å². The zero-order chi connectivity index (χ0) is 35.5. The van der Waals surface area contributed by atoms with Crippen molar-refractivity contribution < 1.29 is 14.3 Å². The number of amides is 1. The van der Waals surface area contributed by atoms with Crippen LogP contribution in [0.25, 0.3) is 12.2 Å². The van der Waals surface area contributed by atoms with Gasteiger partial charge in [0.15, 0.2) is 0 Å². The van der Waals surface area contributed by atoms with E-state index in [4.69, 9.17) is 20.0 Å². The second-order valence-corrected chi connectivity index (χ2v) is 12.2. The van der Waals surface area contributed by atoms with Crippen molar-refractivity contribution in [3.8, 4) is 23.6 Å². The zero-order valence-corrected chi connectivity index (χ0v) is 29.2. The molecule has 5 rings (SSSR count). The predicted octanol–water partition coefficient (Wildman–Crippen LogP) is 6.30. The molecule has 1 aliphatic heterocycles. The first-order valence-electron chi connectivity index (χ1n) is 16.6. The summed E-state index contributed by atoms with van der Waals surface area (Å²) in [6, 6.07) is 17.8. The first-order valence-corrected chi connectivity index (χ1v) is 16.6. The number of aryl methyl sites for hydroxylation is 3. The summed E-state index contributed by atoms with van der Waals surface area (Å²) in [4.78, 5) is 25.8. The molecule has 0 bridgehead atoms. The summed E-state index contributed by atoms with van der Waals surface area (Å²) in [5, 5.41) is 26.1. The van der Waals surface area contributed by atoms with E-state index in [1.165, 1.54) is 29.0 Å². The molecule has 1 N–H and O–H groups in total. The van der Waals surface area contributed by atoms with E-state index in [0.717, 1.165) is 59.9 Å². The van der Waals surface area contributed by atoms with Gasteiger partial charge in [-0.2, -0.15) is 15.6 Å². The van der Waals surface area contributed by atoms with Crippen molar-refractivity contribution >= 4 is 29.5 Å². The van der Waals surface area contributed by atoms with Crippen LogP contribution >= 0.6 is 0 Å². The Kier molecular flexibility index (Phi) is 12.6. The summed E-state index contributed by atoms with van der Waals surface area (Å²) >= 11 is 0. The average molecular weight is 664 g/mol. The normalized spacial score (nSPS) is 15.1. The second kappa shape index (κ2) is 17.0. The number of hydrogen-bond acceptors (Lipinski definition) is 8. The Morgan fingerprint density at radius 3 is 2.24 bits per heavy atom. The van der Waals surface area contributed by atoms with Gasteiger partial charge in [0.25, 0.3) is 11.5 Å². The highest BCUT2D eigenvalue weighted by Gasteiger charge is 2.25. The summed E-state index contributed by atoms with van der Waals surface area (Å²) in [6.07, 6.45) is 9.73. The molecule has 1 aromatic heterocycles. The lowest BCUT2D eigenvalue weighted by atomic mass is 9.98. The molecule has 2 aliphatic rings. The first-order chi connectivity index (χ1) is 23.5. The highest BCUT2D eigenvalue weighted by atomic mass is 16.5. The summed E-state index contributed by atoms with van der Waals surface area (Å²) in [7, 11) is 3.23. The number of ether oxygens (including phenoxy) is 2. The number of aromatic nitrogens is 2. The third-order valence-electron chi connectivity index (χ3n) is 8.63. The number of nitrogens with one attached hydrogen (secondary N) is 1. The third-order valence-corrected chi connectivity index (χ3v) is 8.63. The van der Waals surface area contributed by atoms with Crippen molar-refractivity contribution in [3.63, 3.8) is 0 Å². The molecular weight excluding hydrogens is 618 g/mol. The van der Waals surface area contributed by atoms with Crippen LogP contribution in [-0.2, 0) is 11.8 Å². The average Bonchev–Trinajstić information content (AvgIpc) is 3.49. The van der Waals surface area contributed by atoms with E-state index in [2.05, 4.69) is 28.1 Å². The molecule has 11 heteroatoms. The first kappa shape index (κ1) is 36.3. The maximum absolute atomic E-state index is 11.8. The Labute approximate surface area is 288 Å². The number of allylic oxidation sites excluding steroid dienone is 1. The molecule has 0 spiro atoms. The second-order valence-electron chi connectivity index (χ2n) is 12.2. The van der Waals surface area contributed by atoms with E-state index in [-0.39, 0.29) is 17.0 Å². The van der Waals surface area contributed by atoms with Crippen LogP contribution in [0.5, 0.6) is 11.5 Å². The number of carbonyl (C=O) groups excluding carboxylic acids is 1. The summed E-state index contributed by atoms with van der Waals surface area (Å²) < 4.78 is 13.4. The minimum atomic E-state index is -0.190. The predicted molar refractivity (Wildman–Crippen MR) is 192 cm³/mol. The van der Waals surface area contributed by atoms with Crippen molar-refractivity contribution in [2.45, 2.75) is 65.9 Å². The van der Waals surface area contributed by atoms with E-state index >= 15 is 0 Å². The lowest BCUT2D eigenvalue weighted by Gasteiger charge is -2.24. The Balaban J connectivity index is 0.000000266. The summed E-state index contributed by atoms with van der Waals surface area (Å²) in [5.74, 6) is 1.57. The lowest BCUT2D eigenvalue weighted by Crippen LogP contribution is -2.28. The maximum Gasteiger partial charge on any atom is 0.275 e. The standard InChI is InChI=1S/C27H31N3O2.C11H14N4O2/c1-3-30(24-10-9-23(21(2)17-24)18-22(19-28)20-29)15-16-31-25-11-13-27(14-12-25)32-26-7-5-4-6-8-26;1-6-8(10(16)14(3)12-6)5-9-7(2)13-15(4)11(9)17/h9-14,17-18,26H,3-8,15-16H2,1-2H3;5,12H,1-4H3/b;9-5-. The van der Waals surface area contributed by atoms with Gasteiger partial charge in [-0.1, -0.05) is 12.5 Å². The molecule has 256 valence electrons. The number of nitrogens with zero attached hydrogens (tertiary/aromatic N) is 6. The van der Waals surface area contributed by atoms with Gasteiger partial charge in [0.1, 0.15) is 35.8 Å². The molecule has 2 aromatic carbocycles. The van der Waals surface area contributed by atoms with Crippen LogP contribution in [0.1, 0.15) is 68.3 Å². The highest BCUT2D eigenvalue weighted by molar-refractivity contribution is 6.26. The Morgan fingerprint density at radius 1 is 1.02 bits per heavy atom. The molecule has 0 unspecified atom stereocenters. The summed E-state index contributed by atoms with van der Waals surface area (Å²) in [6.45, 7) is 9.83. The number of nitriles is 2. The smallest absolute Gasteiger partial charge is 0.275 e. The van der Waals surface area contributed by atoms with Crippen LogP contribution in [0.15, 0.2) is 63.5 Å². The van der Waals surface area contributed by atoms with Crippen LogP contribution in [-0.4, -0.2) is 59.3 Å². The Hall–Kier alpha value is -5.55.